The van der Waals surface area contributed by atoms with Crippen molar-refractivity contribution in [3.8, 4) is 0 Å². The number of amides is 2. The van der Waals surface area contributed by atoms with Crippen LogP contribution in [0.15, 0.2) is 41.6 Å². The summed E-state index contributed by atoms with van der Waals surface area (Å²) in [6, 6.07) is 8.03. The smallest absolute Gasteiger partial charge is 0.352 e. The number of carbonyl (C=O) groups excluding carboxylic acids is 3. The number of rotatable bonds is 5. The van der Waals surface area contributed by atoms with Gasteiger partial charge in [0.1, 0.15) is 17.1 Å². The van der Waals surface area contributed by atoms with Gasteiger partial charge in [0.2, 0.25) is 11.0 Å². The van der Waals surface area contributed by atoms with E-state index in [1.165, 1.54) is 23.6 Å². The highest BCUT2D eigenvalue weighted by Gasteiger charge is 2.53. The van der Waals surface area contributed by atoms with E-state index in [2.05, 4.69) is 5.32 Å². The third-order valence-electron chi connectivity index (χ3n) is 4.00. The molecule has 0 spiro atoms. The zero-order valence-corrected chi connectivity index (χ0v) is 15.4. The Morgan fingerprint density at radius 2 is 2.00 bits per heavy atom. The summed E-state index contributed by atoms with van der Waals surface area (Å²) in [7, 11) is 0. The van der Waals surface area contributed by atoms with Crippen LogP contribution in [0.4, 0.5) is 0 Å². The molecule has 2 N–H and O–H groups in total. The van der Waals surface area contributed by atoms with Gasteiger partial charge in [0.15, 0.2) is 0 Å². The average Bonchev–Trinajstić information content (AvgIpc) is 2.63. The summed E-state index contributed by atoms with van der Waals surface area (Å²) in [6.07, 6.45) is 0. The molecule has 136 valence electrons. The molecule has 26 heavy (non-hydrogen) atoms. The second-order valence-corrected chi connectivity index (χ2v) is 7.84. The van der Waals surface area contributed by atoms with Crippen molar-refractivity contribution in [1.82, 2.24) is 10.2 Å². The van der Waals surface area contributed by atoms with Gasteiger partial charge in [-0.15, -0.1) is 11.8 Å². The van der Waals surface area contributed by atoms with E-state index in [1.54, 1.807) is 24.3 Å². The molecule has 1 saturated heterocycles. The van der Waals surface area contributed by atoms with Gasteiger partial charge < -0.3 is 10.4 Å². The standard InChI is InChI=1S/C17H16N2O5S2/c1-9(20)18-12-14(21)19-13(16(22)23)11(7-25-15(12)19)8-26-17(24)10-5-3-2-4-6-10/h2-6,12,15H,7-8H2,1H3,(H,18,20)(H,22,23)/t12-,15-/m1/s1. The Hall–Kier alpha value is -2.26. The van der Waals surface area contributed by atoms with Crippen molar-refractivity contribution >= 4 is 46.4 Å². The minimum Gasteiger partial charge on any atom is -0.477 e. The van der Waals surface area contributed by atoms with Crippen molar-refractivity contribution in [2.24, 2.45) is 0 Å². The number of carboxylic acid groups (broad SMARTS) is 1. The number of hydrogen-bond acceptors (Lipinski definition) is 6. The largest absolute Gasteiger partial charge is 0.477 e. The van der Waals surface area contributed by atoms with Crippen molar-refractivity contribution in [2.45, 2.75) is 18.3 Å². The molecule has 0 saturated carbocycles. The molecule has 2 atom stereocenters. The Morgan fingerprint density at radius 3 is 2.62 bits per heavy atom. The number of thioether (sulfide) groups is 2. The van der Waals surface area contributed by atoms with Gasteiger partial charge in [-0.25, -0.2) is 4.79 Å². The molecule has 2 heterocycles. The summed E-state index contributed by atoms with van der Waals surface area (Å²) in [5.41, 5.74) is 0.999. The van der Waals surface area contributed by atoms with Crippen LogP contribution in [0.5, 0.6) is 0 Å². The highest BCUT2D eigenvalue weighted by molar-refractivity contribution is 8.14. The van der Waals surface area contributed by atoms with E-state index < -0.39 is 23.3 Å². The molecule has 1 aromatic carbocycles. The summed E-state index contributed by atoms with van der Waals surface area (Å²) >= 11 is 2.40. The fraction of sp³-hybridized carbons (Fsp3) is 0.294. The van der Waals surface area contributed by atoms with Gasteiger partial charge in [0.05, 0.1) is 0 Å². The van der Waals surface area contributed by atoms with Crippen molar-refractivity contribution < 1.29 is 24.3 Å². The molecule has 2 aliphatic rings. The van der Waals surface area contributed by atoms with Gasteiger partial charge in [-0.2, -0.15) is 0 Å². The maximum Gasteiger partial charge on any atom is 0.352 e. The number of β-lactam (4-membered cyclic amide) rings is 1. The van der Waals surface area contributed by atoms with Crippen LogP contribution in [-0.2, 0) is 14.4 Å². The molecule has 3 rings (SSSR count). The highest BCUT2D eigenvalue weighted by atomic mass is 32.2. The Morgan fingerprint density at radius 1 is 1.31 bits per heavy atom. The second-order valence-electron chi connectivity index (χ2n) is 5.79. The third kappa shape index (κ3) is 3.49. The van der Waals surface area contributed by atoms with E-state index in [9.17, 15) is 24.3 Å². The van der Waals surface area contributed by atoms with Crippen LogP contribution >= 0.6 is 23.5 Å². The lowest BCUT2D eigenvalue weighted by Crippen LogP contribution is -2.70. The molecular formula is C17H16N2O5S2. The maximum atomic E-state index is 12.3. The molecule has 0 unspecified atom stereocenters. The summed E-state index contributed by atoms with van der Waals surface area (Å²) in [6.45, 7) is 1.31. The first kappa shape index (κ1) is 18.5. The zero-order valence-electron chi connectivity index (χ0n) is 13.8. The first-order valence-electron chi connectivity index (χ1n) is 7.79. The van der Waals surface area contributed by atoms with Crippen molar-refractivity contribution in [1.29, 1.82) is 0 Å². The lowest BCUT2D eigenvalue weighted by molar-refractivity contribution is -0.150. The second kappa shape index (κ2) is 7.55. The van der Waals surface area contributed by atoms with Crippen LogP contribution < -0.4 is 5.32 Å². The van der Waals surface area contributed by atoms with Crippen LogP contribution in [-0.4, -0.2) is 55.8 Å². The van der Waals surface area contributed by atoms with Crippen LogP contribution in [0.2, 0.25) is 0 Å². The Kier molecular flexibility index (Phi) is 5.38. The number of carbonyl (C=O) groups is 4. The van der Waals surface area contributed by atoms with E-state index >= 15 is 0 Å². The fourth-order valence-corrected chi connectivity index (χ4v) is 5.15. The van der Waals surface area contributed by atoms with Gasteiger partial charge in [-0.1, -0.05) is 42.1 Å². The maximum absolute atomic E-state index is 12.3. The van der Waals surface area contributed by atoms with Crippen LogP contribution in [0.1, 0.15) is 17.3 Å². The topological polar surface area (TPSA) is 104 Å². The summed E-state index contributed by atoms with van der Waals surface area (Å²) in [5.74, 6) is -1.39. The number of carboxylic acids is 1. The first-order chi connectivity index (χ1) is 12.4. The average molecular weight is 392 g/mol. The van der Waals surface area contributed by atoms with Gasteiger partial charge >= 0.3 is 5.97 Å². The lowest BCUT2D eigenvalue weighted by atomic mass is 10.0. The number of nitrogens with zero attached hydrogens (tertiary/aromatic N) is 1. The van der Waals surface area contributed by atoms with Crippen molar-refractivity contribution in [2.75, 3.05) is 11.5 Å². The molecule has 0 radical (unpaired) electrons. The van der Waals surface area contributed by atoms with E-state index in [1.807, 2.05) is 6.07 Å². The highest BCUT2D eigenvalue weighted by Crippen LogP contribution is 2.41. The zero-order chi connectivity index (χ0) is 18.8. The predicted octanol–water partition coefficient (Wildman–Crippen LogP) is 1.32. The summed E-state index contributed by atoms with van der Waals surface area (Å²) in [5, 5.41) is 11.5. The molecule has 0 aliphatic carbocycles. The molecule has 0 aromatic heterocycles. The van der Waals surface area contributed by atoms with Crippen molar-refractivity contribution in [3.05, 3.63) is 47.2 Å². The molecule has 1 aromatic rings. The predicted molar refractivity (Wildman–Crippen MR) is 98.6 cm³/mol. The quantitative estimate of drug-likeness (QED) is 0.728. The molecule has 0 bridgehead atoms. The van der Waals surface area contributed by atoms with Crippen LogP contribution in [0, 0.1) is 0 Å². The van der Waals surface area contributed by atoms with Crippen LogP contribution in [0.3, 0.4) is 0 Å². The van der Waals surface area contributed by atoms with Gasteiger partial charge in [-0.3, -0.25) is 19.3 Å². The van der Waals surface area contributed by atoms with Crippen LogP contribution in [0.25, 0.3) is 0 Å². The first-order valence-corrected chi connectivity index (χ1v) is 9.83. The molecule has 2 amide bonds. The Labute approximate surface area is 158 Å². The number of aliphatic carboxylic acids is 1. The van der Waals surface area contributed by atoms with Gasteiger partial charge in [-0.05, 0) is 5.57 Å². The van der Waals surface area contributed by atoms with E-state index in [0.717, 1.165) is 11.8 Å². The van der Waals surface area contributed by atoms with Crippen molar-refractivity contribution in [3.63, 3.8) is 0 Å². The number of benzene rings is 1. The van der Waals surface area contributed by atoms with E-state index in [4.69, 9.17) is 0 Å². The molecule has 7 nitrogen and oxygen atoms in total. The SMILES string of the molecule is CC(=O)N[C@@H]1C(=O)N2C(C(=O)O)=C(CSC(=O)c3ccccc3)CS[C@H]12. The molecule has 1 fully saturated rings. The monoisotopic (exact) mass is 392 g/mol. The van der Waals surface area contributed by atoms with Gasteiger partial charge in [0, 0.05) is 24.0 Å². The van der Waals surface area contributed by atoms with E-state index in [-0.39, 0.29) is 22.5 Å². The fourth-order valence-electron chi connectivity index (χ4n) is 2.82. The molecule has 9 heteroatoms. The summed E-state index contributed by atoms with van der Waals surface area (Å²) in [4.78, 5) is 48.6. The summed E-state index contributed by atoms with van der Waals surface area (Å²) < 4.78 is 0. The minimum absolute atomic E-state index is 0.0753. The minimum atomic E-state index is -1.20. The lowest BCUT2D eigenvalue weighted by Gasteiger charge is -2.49. The normalized spacial score (nSPS) is 21.7. The number of hydrogen-bond donors (Lipinski definition) is 2. The molecular weight excluding hydrogens is 376 g/mol. The Balaban J connectivity index is 1.75. The number of fused-ring (bicyclic) bond motifs is 1. The van der Waals surface area contributed by atoms with E-state index in [0.29, 0.717) is 16.9 Å². The Bertz CT molecular complexity index is 809. The number of nitrogens with one attached hydrogen (secondary N) is 1. The third-order valence-corrected chi connectivity index (χ3v) is 6.33. The van der Waals surface area contributed by atoms with Gasteiger partial charge in [0.25, 0.3) is 5.91 Å². The molecule has 2 aliphatic heterocycles.